The van der Waals surface area contributed by atoms with Gasteiger partial charge in [-0.15, -0.1) is 0 Å². The van der Waals surface area contributed by atoms with Crippen molar-refractivity contribution in [3.63, 3.8) is 0 Å². The third kappa shape index (κ3) is 12.6. The molecule has 2 heterocycles. The third-order valence-electron chi connectivity index (χ3n) is 5.19. The second kappa shape index (κ2) is 16.3. The van der Waals surface area contributed by atoms with E-state index in [0.29, 0.717) is 41.4 Å². The van der Waals surface area contributed by atoms with Crippen molar-refractivity contribution in [2.24, 2.45) is 0 Å². The molecule has 5 N–H and O–H groups in total. The first-order valence-electron chi connectivity index (χ1n) is 13.1. The number of fused-ring (bicyclic) bond motifs is 1. The lowest BCUT2D eigenvalue weighted by Crippen LogP contribution is -2.24. The fraction of sp³-hybridized carbons (Fsp3) is 0.444. The maximum absolute atomic E-state index is 12.8. The van der Waals surface area contributed by atoms with E-state index in [-0.39, 0.29) is 12.3 Å². The van der Waals surface area contributed by atoms with Gasteiger partial charge in [0.2, 0.25) is 0 Å². The molecule has 0 aliphatic rings. The van der Waals surface area contributed by atoms with Gasteiger partial charge in [0.1, 0.15) is 17.1 Å². The average molecular weight is 689 g/mol. The minimum absolute atomic E-state index is 0.239. The SMILES string of the molecule is CCOC(=O)c1c(CNCc2nc3ccc(Cl)cc3[nH]2)[nH]c(C(=O)OC(C)(C)C)c1CC.O=C(O)C(F)(F)F.O=C(O)C(F)(F)F. The Kier molecular flexibility index (Phi) is 14.1. The molecule has 12 nitrogen and oxygen atoms in total. The maximum Gasteiger partial charge on any atom is 0.490 e. The number of rotatable bonds is 8. The smallest absolute Gasteiger partial charge is 0.475 e. The average Bonchev–Trinajstić information content (AvgIpc) is 3.48. The lowest BCUT2D eigenvalue weighted by atomic mass is 10.1. The lowest BCUT2D eigenvalue weighted by molar-refractivity contribution is -0.193. The van der Waals surface area contributed by atoms with Gasteiger partial charge in [0.05, 0.1) is 29.7 Å². The van der Waals surface area contributed by atoms with Crippen LogP contribution in [-0.2, 0) is 38.6 Å². The Morgan fingerprint density at radius 2 is 1.46 bits per heavy atom. The molecule has 0 spiro atoms. The molecule has 0 radical (unpaired) electrons. The molecule has 1 aromatic carbocycles. The van der Waals surface area contributed by atoms with Gasteiger partial charge in [-0.3, -0.25) is 0 Å². The predicted octanol–water partition coefficient (Wildman–Crippen LogP) is 5.80. The summed E-state index contributed by atoms with van der Waals surface area (Å²) in [5, 5.41) is 18.1. The first-order valence-corrected chi connectivity index (χ1v) is 13.5. The molecule has 19 heteroatoms. The van der Waals surface area contributed by atoms with Crippen LogP contribution < -0.4 is 5.32 Å². The van der Waals surface area contributed by atoms with E-state index in [1.165, 1.54) is 0 Å². The number of alkyl halides is 6. The Morgan fingerprint density at radius 1 is 0.913 bits per heavy atom. The van der Waals surface area contributed by atoms with E-state index in [9.17, 15) is 35.9 Å². The quantitative estimate of drug-likeness (QED) is 0.143. The molecule has 0 aliphatic carbocycles. The Bertz CT molecular complexity index is 1500. The number of nitrogens with zero attached hydrogens (tertiary/aromatic N) is 1. The van der Waals surface area contributed by atoms with E-state index in [1.807, 2.05) is 19.1 Å². The summed E-state index contributed by atoms with van der Waals surface area (Å²) in [6, 6.07) is 5.46. The van der Waals surface area contributed by atoms with Crippen molar-refractivity contribution in [1.29, 1.82) is 0 Å². The summed E-state index contributed by atoms with van der Waals surface area (Å²) in [4.78, 5) is 54.1. The molecule has 256 valence electrons. The second-order valence-electron chi connectivity index (χ2n) is 9.96. The summed E-state index contributed by atoms with van der Waals surface area (Å²) >= 11 is 6.03. The summed E-state index contributed by atoms with van der Waals surface area (Å²) < 4.78 is 74.2. The number of aromatic amines is 2. The zero-order valence-corrected chi connectivity index (χ0v) is 25.8. The second-order valence-corrected chi connectivity index (χ2v) is 10.4. The van der Waals surface area contributed by atoms with Crippen molar-refractivity contribution in [3.05, 3.63) is 51.6 Å². The number of imidazole rings is 1. The molecule has 0 amide bonds. The fourth-order valence-electron chi connectivity index (χ4n) is 3.46. The van der Waals surface area contributed by atoms with E-state index in [4.69, 9.17) is 40.9 Å². The molecule has 0 saturated carbocycles. The van der Waals surface area contributed by atoms with Gasteiger partial charge in [0.15, 0.2) is 0 Å². The Hall–Kier alpha value is -4.32. The van der Waals surface area contributed by atoms with Crippen LogP contribution in [0.15, 0.2) is 18.2 Å². The highest BCUT2D eigenvalue weighted by molar-refractivity contribution is 6.31. The van der Waals surface area contributed by atoms with Crippen molar-refractivity contribution in [2.75, 3.05) is 6.61 Å². The number of carboxylic acid groups (broad SMARTS) is 2. The number of aliphatic carboxylic acids is 2. The van der Waals surface area contributed by atoms with E-state index >= 15 is 0 Å². The van der Waals surface area contributed by atoms with Crippen molar-refractivity contribution in [1.82, 2.24) is 20.3 Å². The van der Waals surface area contributed by atoms with Crippen LogP contribution in [0.2, 0.25) is 5.02 Å². The zero-order chi connectivity index (χ0) is 35.6. The predicted molar refractivity (Wildman–Crippen MR) is 150 cm³/mol. The van der Waals surface area contributed by atoms with E-state index in [0.717, 1.165) is 16.9 Å². The Balaban J connectivity index is 0.000000629. The molecular formula is C27H31ClF6N4O8. The number of carbonyl (C=O) groups excluding carboxylic acids is 2. The van der Waals surface area contributed by atoms with Crippen LogP contribution in [0.5, 0.6) is 0 Å². The summed E-state index contributed by atoms with van der Waals surface area (Å²) in [6.45, 7) is 10.0. The Labute approximate surface area is 262 Å². The van der Waals surface area contributed by atoms with Crippen molar-refractivity contribution in [2.45, 2.75) is 72.1 Å². The number of nitrogens with one attached hydrogen (secondary N) is 3. The number of carbonyl (C=O) groups is 4. The normalized spacial score (nSPS) is 11.6. The maximum atomic E-state index is 12.8. The number of hydrogen-bond acceptors (Lipinski definition) is 8. The summed E-state index contributed by atoms with van der Waals surface area (Å²) in [5.74, 6) is -5.75. The van der Waals surface area contributed by atoms with Gasteiger partial charge in [-0.2, -0.15) is 26.3 Å². The van der Waals surface area contributed by atoms with Gasteiger partial charge in [0.25, 0.3) is 0 Å². The van der Waals surface area contributed by atoms with Gasteiger partial charge in [-0.05, 0) is 57.9 Å². The van der Waals surface area contributed by atoms with Crippen LogP contribution in [0, 0.1) is 0 Å². The number of esters is 2. The van der Waals surface area contributed by atoms with Crippen LogP contribution in [0.25, 0.3) is 11.0 Å². The standard InChI is InChI=1S/C23H29ClN4O4.2C2HF3O2/c1-6-14-19(21(29)31-7-2)17(28-20(14)22(30)32-23(3,4)5)11-25-12-18-26-15-9-8-13(24)10-16(15)27-18;2*3-2(4,5)1(6)7/h8-10,25,28H,6-7,11-12H2,1-5H3,(H,26,27);2*(H,6,7). The summed E-state index contributed by atoms with van der Waals surface area (Å²) in [5.41, 5.74) is 2.83. The zero-order valence-electron chi connectivity index (χ0n) is 25.0. The van der Waals surface area contributed by atoms with E-state index in [2.05, 4.69) is 20.3 Å². The molecule has 0 aliphatic heterocycles. The molecule has 0 saturated heterocycles. The minimum Gasteiger partial charge on any atom is -0.475 e. The first-order chi connectivity index (χ1) is 21.0. The molecule has 3 aromatic rings. The van der Waals surface area contributed by atoms with Crippen molar-refractivity contribution in [3.8, 4) is 0 Å². The van der Waals surface area contributed by atoms with Crippen LogP contribution in [-0.4, -0.2) is 73.6 Å². The van der Waals surface area contributed by atoms with Gasteiger partial charge >= 0.3 is 36.2 Å². The van der Waals surface area contributed by atoms with Gasteiger partial charge in [0, 0.05) is 17.3 Å². The number of ether oxygens (including phenoxy) is 2. The molecule has 0 atom stereocenters. The fourth-order valence-corrected chi connectivity index (χ4v) is 3.63. The number of aromatic nitrogens is 3. The van der Waals surface area contributed by atoms with Crippen molar-refractivity contribution < 1.29 is 65.2 Å². The van der Waals surface area contributed by atoms with Crippen LogP contribution in [0.1, 0.15) is 72.5 Å². The molecule has 3 rings (SSSR count). The molecule has 0 unspecified atom stereocenters. The lowest BCUT2D eigenvalue weighted by Gasteiger charge is -2.19. The van der Waals surface area contributed by atoms with Crippen LogP contribution in [0.4, 0.5) is 26.3 Å². The van der Waals surface area contributed by atoms with Crippen molar-refractivity contribution >= 4 is 46.5 Å². The van der Waals surface area contributed by atoms with Gasteiger partial charge < -0.3 is 35.0 Å². The van der Waals surface area contributed by atoms with Gasteiger partial charge in [-0.1, -0.05) is 18.5 Å². The molecule has 46 heavy (non-hydrogen) atoms. The first kappa shape index (κ1) is 39.7. The highest BCUT2D eigenvalue weighted by atomic mass is 35.5. The monoisotopic (exact) mass is 688 g/mol. The number of hydrogen-bond donors (Lipinski definition) is 5. The van der Waals surface area contributed by atoms with Crippen LogP contribution in [0.3, 0.4) is 0 Å². The van der Waals surface area contributed by atoms with E-state index in [1.54, 1.807) is 33.8 Å². The number of carboxylic acids is 2. The number of H-pyrrole nitrogens is 2. The minimum atomic E-state index is -5.08. The molecular weight excluding hydrogens is 658 g/mol. The topological polar surface area (TPSA) is 184 Å². The third-order valence-corrected chi connectivity index (χ3v) is 5.42. The highest BCUT2D eigenvalue weighted by Gasteiger charge is 2.39. The molecule has 0 bridgehead atoms. The molecule has 2 aromatic heterocycles. The number of benzene rings is 1. The van der Waals surface area contributed by atoms with Crippen LogP contribution >= 0.6 is 11.6 Å². The number of halogens is 7. The van der Waals surface area contributed by atoms with Gasteiger partial charge in [-0.25, -0.2) is 24.2 Å². The highest BCUT2D eigenvalue weighted by Crippen LogP contribution is 2.24. The Morgan fingerprint density at radius 3 is 1.91 bits per heavy atom. The molecule has 0 fully saturated rings. The summed E-state index contributed by atoms with van der Waals surface area (Å²) in [7, 11) is 0. The van der Waals surface area contributed by atoms with E-state index < -0.39 is 41.8 Å². The summed E-state index contributed by atoms with van der Waals surface area (Å²) in [6.07, 6.45) is -9.69. The largest absolute Gasteiger partial charge is 0.490 e.